The monoisotopic (exact) mass is 188 g/mol. The maximum absolute atomic E-state index is 9.69. The van der Waals surface area contributed by atoms with Crippen LogP contribution in [-0.4, -0.2) is 22.9 Å². The van der Waals surface area contributed by atoms with E-state index in [1.54, 1.807) is 0 Å². The molecule has 0 saturated carbocycles. The first-order valence-electron chi connectivity index (χ1n) is 5.51. The van der Waals surface area contributed by atoms with Gasteiger partial charge >= 0.3 is 0 Å². The van der Waals surface area contributed by atoms with Crippen LogP contribution in [0.1, 0.15) is 52.4 Å². The van der Waals surface area contributed by atoms with Gasteiger partial charge in [0.15, 0.2) is 0 Å². The number of unbranched alkanes of at least 4 members (excludes halogenated alkanes) is 2. The van der Waals surface area contributed by atoms with Gasteiger partial charge in [-0.25, -0.2) is 0 Å². The van der Waals surface area contributed by atoms with Crippen molar-refractivity contribution in [1.29, 1.82) is 0 Å². The molecule has 0 heterocycles. The summed E-state index contributed by atoms with van der Waals surface area (Å²) in [7, 11) is 0. The van der Waals surface area contributed by atoms with E-state index in [4.69, 9.17) is 5.11 Å². The fourth-order valence-electron chi connectivity index (χ4n) is 1.47. The average Bonchev–Trinajstić information content (AvgIpc) is 2.14. The molecule has 2 heteroatoms. The molecule has 0 bridgehead atoms. The van der Waals surface area contributed by atoms with E-state index in [9.17, 15) is 5.11 Å². The van der Waals surface area contributed by atoms with Gasteiger partial charge < -0.3 is 10.2 Å². The van der Waals surface area contributed by atoms with Gasteiger partial charge in [-0.2, -0.15) is 0 Å². The summed E-state index contributed by atoms with van der Waals surface area (Å²) in [6.07, 6.45) is 5.96. The summed E-state index contributed by atoms with van der Waals surface area (Å²) in [6.45, 7) is 4.53. The summed E-state index contributed by atoms with van der Waals surface area (Å²) in [5.41, 5.74) is 0. The Morgan fingerprint density at radius 1 is 1.08 bits per heavy atom. The third-order valence-corrected chi connectivity index (χ3v) is 2.58. The van der Waals surface area contributed by atoms with Crippen molar-refractivity contribution in [1.82, 2.24) is 0 Å². The summed E-state index contributed by atoms with van der Waals surface area (Å²) < 4.78 is 0. The van der Waals surface area contributed by atoms with Crippen LogP contribution in [0.25, 0.3) is 0 Å². The largest absolute Gasteiger partial charge is 0.396 e. The van der Waals surface area contributed by atoms with Crippen LogP contribution in [0.2, 0.25) is 0 Å². The maximum Gasteiger partial charge on any atom is 0.0565 e. The standard InChI is InChI=1S/C11H24O2/c1-3-4-7-10(2)11(13)8-5-6-9-12/h10-13H,3-9H2,1-2H3. The molecule has 13 heavy (non-hydrogen) atoms. The van der Waals surface area contributed by atoms with Crippen molar-refractivity contribution in [2.75, 3.05) is 6.61 Å². The second-order valence-electron chi connectivity index (χ2n) is 3.91. The highest BCUT2D eigenvalue weighted by molar-refractivity contribution is 4.64. The van der Waals surface area contributed by atoms with Crippen LogP contribution in [-0.2, 0) is 0 Å². The Balaban J connectivity index is 3.38. The van der Waals surface area contributed by atoms with Crippen molar-refractivity contribution < 1.29 is 10.2 Å². The summed E-state index contributed by atoms with van der Waals surface area (Å²) in [5, 5.41) is 18.3. The third kappa shape index (κ3) is 7.03. The highest BCUT2D eigenvalue weighted by atomic mass is 16.3. The summed E-state index contributed by atoms with van der Waals surface area (Å²) in [6, 6.07) is 0. The van der Waals surface area contributed by atoms with E-state index >= 15 is 0 Å². The average molecular weight is 188 g/mol. The first-order valence-corrected chi connectivity index (χ1v) is 5.51. The van der Waals surface area contributed by atoms with Crippen LogP contribution in [0.4, 0.5) is 0 Å². The molecule has 2 N–H and O–H groups in total. The van der Waals surface area contributed by atoms with Crippen molar-refractivity contribution in [3.8, 4) is 0 Å². The fourth-order valence-corrected chi connectivity index (χ4v) is 1.47. The van der Waals surface area contributed by atoms with Crippen LogP contribution in [0.5, 0.6) is 0 Å². The predicted molar refractivity (Wildman–Crippen MR) is 55.6 cm³/mol. The lowest BCUT2D eigenvalue weighted by Crippen LogP contribution is -2.17. The van der Waals surface area contributed by atoms with Crippen molar-refractivity contribution >= 4 is 0 Å². The summed E-state index contributed by atoms with van der Waals surface area (Å²) >= 11 is 0. The van der Waals surface area contributed by atoms with Gasteiger partial charge in [-0.1, -0.05) is 26.7 Å². The van der Waals surface area contributed by atoms with Crippen LogP contribution < -0.4 is 0 Å². The molecular formula is C11H24O2. The van der Waals surface area contributed by atoms with Gasteiger partial charge in [0.2, 0.25) is 0 Å². The molecule has 0 aliphatic rings. The zero-order chi connectivity index (χ0) is 10.1. The van der Waals surface area contributed by atoms with E-state index in [1.165, 1.54) is 12.8 Å². The molecule has 0 fully saturated rings. The molecule has 0 aromatic carbocycles. The van der Waals surface area contributed by atoms with Crippen LogP contribution >= 0.6 is 0 Å². The molecule has 0 aromatic rings. The van der Waals surface area contributed by atoms with E-state index in [0.29, 0.717) is 5.92 Å². The number of hydrogen-bond donors (Lipinski definition) is 2. The zero-order valence-electron chi connectivity index (χ0n) is 9.00. The van der Waals surface area contributed by atoms with Crippen LogP contribution in [0.15, 0.2) is 0 Å². The Morgan fingerprint density at radius 2 is 1.77 bits per heavy atom. The van der Waals surface area contributed by atoms with Gasteiger partial charge in [0.25, 0.3) is 0 Å². The van der Waals surface area contributed by atoms with Crippen molar-refractivity contribution in [3.05, 3.63) is 0 Å². The second-order valence-corrected chi connectivity index (χ2v) is 3.91. The number of rotatable bonds is 8. The van der Waals surface area contributed by atoms with Gasteiger partial charge in [0.1, 0.15) is 0 Å². The van der Waals surface area contributed by atoms with Gasteiger partial charge in [0.05, 0.1) is 6.10 Å². The normalized spacial score (nSPS) is 15.7. The fraction of sp³-hybridized carbons (Fsp3) is 1.00. The zero-order valence-corrected chi connectivity index (χ0v) is 9.00. The second kappa shape index (κ2) is 8.52. The minimum absolute atomic E-state index is 0.168. The third-order valence-electron chi connectivity index (χ3n) is 2.58. The Bertz CT molecular complexity index is 104. The minimum atomic E-state index is -0.168. The van der Waals surface area contributed by atoms with Crippen LogP contribution in [0, 0.1) is 5.92 Å². The maximum atomic E-state index is 9.69. The molecule has 0 aliphatic heterocycles. The molecule has 2 nitrogen and oxygen atoms in total. The van der Waals surface area contributed by atoms with Crippen molar-refractivity contribution in [3.63, 3.8) is 0 Å². The Labute approximate surface area is 82.0 Å². The first kappa shape index (κ1) is 12.9. The quantitative estimate of drug-likeness (QED) is 0.574. The van der Waals surface area contributed by atoms with Gasteiger partial charge in [-0.15, -0.1) is 0 Å². The topological polar surface area (TPSA) is 40.5 Å². The Morgan fingerprint density at radius 3 is 2.31 bits per heavy atom. The van der Waals surface area contributed by atoms with E-state index in [1.807, 2.05) is 0 Å². The molecule has 0 aromatic heterocycles. The molecule has 0 aliphatic carbocycles. The van der Waals surface area contributed by atoms with Gasteiger partial charge in [-0.05, 0) is 31.6 Å². The highest BCUT2D eigenvalue weighted by Crippen LogP contribution is 2.16. The lowest BCUT2D eigenvalue weighted by molar-refractivity contribution is 0.0971. The molecular weight excluding hydrogens is 164 g/mol. The molecule has 0 spiro atoms. The number of aliphatic hydroxyl groups excluding tert-OH is 2. The van der Waals surface area contributed by atoms with Gasteiger partial charge in [-0.3, -0.25) is 0 Å². The van der Waals surface area contributed by atoms with Crippen molar-refractivity contribution in [2.45, 2.75) is 58.5 Å². The van der Waals surface area contributed by atoms with Crippen LogP contribution in [0.3, 0.4) is 0 Å². The summed E-state index contributed by atoms with van der Waals surface area (Å²) in [4.78, 5) is 0. The van der Waals surface area contributed by atoms with E-state index in [2.05, 4.69) is 13.8 Å². The van der Waals surface area contributed by atoms with Crippen molar-refractivity contribution in [2.24, 2.45) is 5.92 Å². The highest BCUT2D eigenvalue weighted by Gasteiger charge is 2.12. The summed E-state index contributed by atoms with van der Waals surface area (Å²) in [5.74, 6) is 0.415. The molecule has 0 saturated heterocycles. The first-order chi connectivity index (χ1) is 6.22. The smallest absolute Gasteiger partial charge is 0.0565 e. The molecule has 0 rings (SSSR count). The molecule has 2 atom stereocenters. The Kier molecular flexibility index (Phi) is 8.46. The SMILES string of the molecule is CCCCC(C)C(O)CCCCO. The Hall–Kier alpha value is -0.0800. The minimum Gasteiger partial charge on any atom is -0.396 e. The molecule has 0 amide bonds. The molecule has 0 radical (unpaired) electrons. The van der Waals surface area contributed by atoms with Gasteiger partial charge in [0, 0.05) is 6.61 Å². The molecule has 80 valence electrons. The number of aliphatic hydroxyl groups is 2. The van der Waals surface area contributed by atoms with E-state index in [0.717, 1.165) is 25.7 Å². The number of hydrogen-bond acceptors (Lipinski definition) is 2. The molecule has 2 unspecified atom stereocenters. The van der Waals surface area contributed by atoms with E-state index < -0.39 is 0 Å². The lowest BCUT2D eigenvalue weighted by atomic mass is 9.94. The predicted octanol–water partition coefficient (Wildman–Crippen LogP) is 2.34. The van der Waals surface area contributed by atoms with E-state index in [-0.39, 0.29) is 12.7 Å². The lowest BCUT2D eigenvalue weighted by Gasteiger charge is -2.18.